The van der Waals surface area contributed by atoms with Gasteiger partial charge in [-0.15, -0.1) is 0 Å². The van der Waals surface area contributed by atoms with Gasteiger partial charge in [0.15, 0.2) is 0 Å². The van der Waals surface area contributed by atoms with Crippen molar-refractivity contribution in [3.63, 3.8) is 0 Å². The quantitative estimate of drug-likeness (QED) is 0.499. The number of nitrogen functional groups attached to an aromatic ring is 1. The third kappa shape index (κ3) is 4.26. The third-order valence-corrected chi connectivity index (χ3v) is 3.94. The molecule has 0 spiro atoms. The zero-order valence-electron chi connectivity index (χ0n) is 14.0. The van der Waals surface area contributed by atoms with E-state index in [0.717, 1.165) is 5.56 Å². The summed E-state index contributed by atoms with van der Waals surface area (Å²) in [6.45, 7) is 0. The fraction of sp³-hybridized carbons (Fsp3) is 0.0500. The first-order valence-electron chi connectivity index (χ1n) is 7.83. The van der Waals surface area contributed by atoms with Crippen molar-refractivity contribution in [2.24, 2.45) is 0 Å². The van der Waals surface area contributed by atoms with Gasteiger partial charge in [0.05, 0.1) is 12.1 Å². The van der Waals surface area contributed by atoms with Crippen LogP contribution in [0.15, 0.2) is 65.1 Å². The summed E-state index contributed by atoms with van der Waals surface area (Å²) in [6, 6.07) is 15.9. The molecule has 1 aromatic heterocycles. The van der Waals surface area contributed by atoms with Gasteiger partial charge in [-0.05, 0) is 60.7 Å². The minimum atomic E-state index is -0.264. The first-order chi connectivity index (χ1) is 12.5. The number of carbonyl (C=O) groups excluding carboxylic acids is 1. The summed E-state index contributed by atoms with van der Waals surface area (Å²) in [5.74, 6) is 1.54. The second-order valence-electron chi connectivity index (χ2n) is 5.50. The van der Waals surface area contributed by atoms with E-state index < -0.39 is 0 Å². The number of methoxy groups -OCH3 is 1. The van der Waals surface area contributed by atoms with Crippen LogP contribution >= 0.6 is 11.6 Å². The third-order valence-electron chi connectivity index (χ3n) is 3.64. The number of anilines is 2. The zero-order valence-corrected chi connectivity index (χ0v) is 14.8. The predicted octanol–water partition coefficient (Wildman–Crippen LogP) is 4.84. The van der Waals surface area contributed by atoms with Gasteiger partial charge in [0.2, 0.25) is 5.91 Å². The Morgan fingerprint density at radius 1 is 1.15 bits per heavy atom. The highest BCUT2D eigenvalue weighted by atomic mass is 35.5. The fourth-order valence-corrected chi connectivity index (χ4v) is 2.58. The molecule has 0 unspecified atom stereocenters. The van der Waals surface area contributed by atoms with Gasteiger partial charge in [-0.25, -0.2) is 0 Å². The largest absolute Gasteiger partial charge is 0.495 e. The van der Waals surface area contributed by atoms with Gasteiger partial charge in [0.25, 0.3) is 0 Å². The number of benzene rings is 2. The van der Waals surface area contributed by atoms with Gasteiger partial charge in [-0.3, -0.25) is 4.79 Å². The topological polar surface area (TPSA) is 77.5 Å². The van der Waals surface area contributed by atoms with Gasteiger partial charge in [-0.1, -0.05) is 11.6 Å². The molecule has 5 nitrogen and oxygen atoms in total. The molecule has 0 saturated carbocycles. The molecule has 3 rings (SSSR count). The van der Waals surface area contributed by atoms with E-state index in [-0.39, 0.29) is 5.91 Å². The smallest absolute Gasteiger partial charge is 0.248 e. The zero-order chi connectivity index (χ0) is 18.5. The number of furan rings is 1. The van der Waals surface area contributed by atoms with Crippen LogP contribution in [0.1, 0.15) is 5.76 Å². The Kier molecular flexibility index (Phi) is 5.29. The summed E-state index contributed by atoms with van der Waals surface area (Å²) < 4.78 is 10.9. The van der Waals surface area contributed by atoms with Gasteiger partial charge in [0.1, 0.15) is 17.3 Å². The van der Waals surface area contributed by atoms with Gasteiger partial charge in [-0.2, -0.15) is 0 Å². The second kappa shape index (κ2) is 7.80. The van der Waals surface area contributed by atoms with Crippen molar-refractivity contribution in [2.75, 3.05) is 18.2 Å². The molecule has 1 amide bonds. The molecule has 1 heterocycles. The fourth-order valence-electron chi connectivity index (χ4n) is 2.33. The normalized spacial score (nSPS) is 10.8. The molecular formula is C20H17ClN2O3. The minimum absolute atomic E-state index is 0.264. The van der Waals surface area contributed by atoms with Gasteiger partial charge >= 0.3 is 0 Å². The Morgan fingerprint density at radius 3 is 2.62 bits per heavy atom. The molecule has 0 aliphatic rings. The van der Waals surface area contributed by atoms with Crippen LogP contribution < -0.4 is 15.8 Å². The predicted molar refractivity (Wildman–Crippen MR) is 104 cm³/mol. The lowest BCUT2D eigenvalue weighted by Gasteiger charge is -2.04. The molecule has 6 heteroatoms. The van der Waals surface area contributed by atoms with Gasteiger partial charge in [0, 0.05) is 23.0 Å². The van der Waals surface area contributed by atoms with Crippen LogP contribution in [0.2, 0.25) is 5.02 Å². The minimum Gasteiger partial charge on any atom is -0.495 e. The van der Waals surface area contributed by atoms with Crippen molar-refractivity contribution in [3.8, 4) is 17.1 Å². The van der Waals surface area contributed by atoms with Crippen LogP contribution in [-0.2, 0) is 4.79 Å². The van der Waals surface area contributed by atoms with Crippen molar-refractivity contribution in [3.05, 3.63) is 71.5 Å². The van der Waals surface area contributed by atoms with E-state index in [2.05, 4.69) is 5.32 Å². The Labute approximate surface area is 156 Å². The lowest BCUT2D eigenvalue weighted by molar-refractivity contribution is -0.111. The summed E-state index contributed by atoms with van der Waals surface area (Å²) in [6.07, 6.45) is 3.00. The molecule has 26 heavy (non-hydrogen) atoms. The number of hydrogen-bond donors (Lipinski definition) is 2. The SMILES string of the molecule is COc1ccc(-c2ccc(/C=C/C(=O)Nc3ccc(N)cc3)o2)cc1Cl. The number of nitrogens with two attached hydrogens (primary N) is 1. The number of carbonyl (C=O) groups is 1. The first kappa shape index (κ1) is 17.6. The number of ether oxygens (including phenoxy) is 1. The average Bonchev–Trinajstić information content (AvgIpc) is 3.11. The lowest BCUT2D eigenvalue weighted by atomic mass is 10.2. The number of nitrogens with one attached hydrogen (secondary N) is 1. The molecule has 0 radical (unpaired) electrons. The number of halogens is 1. The monoisotopic (exact) mass is 368 g/mol. The molecular weight excluding hydrogens is 352 g/mol. The standard InChI is InChI=1S/C20H17ClN2O3/c1-25-19-9-2-13(12-17(19)21)18-10-7-16(26-18)8-11-20(24)23-15-5-3-14(22)4-6-15/h2-12H,22H2,1H3,(H,23,24)/b11-8+. The molecule has 0 bridgehead atoms. The maximum atomic E-state index is 12.0. The van der Waals surface area contributed by atoms with Crippen LogP contribution in [0.25, 0.3) is 17.4 Å². The molecule has 0 aliphatic heterocycles. The van der Waals surface area contributed by atoms with Crippen LogP contribution in [0, 0.1) is 0 Å². The summed E-state index contributed by atoms with van der Waals surface area (Å²) >= 11 is 6.13. The number of hydrogen-bond acceptors (Lipinski definition) is 4. The highest BCUT2D eigenvalue weighted by Crippen LogP contribution is 2.31. The van der Waals surface area contributed by atoms with Crippen LogP contribution in [0.4, 0.5) is 11.4 Å². The van der Waals surface area contributed by atoms with Crippen LogP contribution in [-0.4, -0.2) is 13.0 Å². The van der Waals surface area contributed by atoms with Crippen LogP contribution in [0.5, 0.6) is 5.75 Å². The highest BCUT2D eigenvalue weighted by molar-refractivity contribution is 6.32. The van der Waals surface area contributed by atoms with Crippen molar-refractivity contribution in [2.45, 2.75) is 0 Å². The maximum Gasteiger partial charge on any atom is 0.248 e. The van der Waals surface area contributed by atoms with Crippen LogP contribution in [0.3, 0.4) is 0 Å². The van der Waals surface area contributed by atoms with Gasteiger partial charge < -0.3 is 20.2 Å². The highest BCUT2D eigenvalue weighted by Gasteiger charge is 2.07. The van der Waals surface area contributed by atoms with E-state index in [4.69, 9.17) is 26.5 Å². The number of rotatable bonds is 5. The average molecular weight is 369 g/mol. The summed E-state index contributed by atoms with van der Waals surface area (Å²) in [4.78, 5) is 12.0. The van der Waals surface area contributed by atoms with E-state index in [1.807, 2.05) is 12.1 Å². The number of amides is 1. The lowest BCUT2D eigenvalue weighted by Crippen LogP contribution is -2.07. The first-order valence-corrected chi connectivity index (χ1v) is 8.21. The van der Waals surface area contributed by atoms with Crippen molar-refractivity contribution >= 4 is 35.0 Å². The summed E-state index contributed by atoms with van der Waals surface area (Å²) in [5.41, 5.74) is 7.74. The molecule has 2 aromatic carbocycles. The van der Waals surface area contributed by atoms with Crippen molar-refractivity contribution in [1.82, 2.24) is 0 Å². The Bertz CT molecular complexity index is 946. The molecule has 3 aromatic rings. The Hall–Kier alpha value is -3.18. The summed E-state index contributed by atoms with van der Waals surface area (Å²) in [7, 11) is 1.56. The van der Waals surface area contributed by atoms with E-state index in [0.29, 0.717) is 33.7 Å². The molecule has 0 fully saturated rings. The molecule has 132 valence electrons. The molecule has 0 atom stereocenters. The molecule has 0 saturated heterocycles. The van der Waals surface area contributed by atoms with E-state index >= 15 is 0 Å². The Morgan fingerprint density at radius 2 is 1.92 bits per heavy atom. The Balaban J connectivity index is 1.67. The molecule has 0 aliphatic carbocycles. The summed E-state index contributed by atoms with van der Waals surface area (Å²) in [5, 5.41) is 3.24. The van der Waals surface area contributed by atoms with E-state index in [9.17, 15) is 4.79 Å². The van der Waals surface area contributed by atoms with E-state index in [1.165, 1.54) is 6.08 Å². The van der Waals surface area contributed by atoms with Crippen molar-refractivity contribution in [1.29, 1.82) is 0 Å². The second-order valence-corrected chi connectivity index (χ2v) is 5.90. The maximum absolute atomic E-state index is 12.0. The molecule has 3 N–H and O–H groups in total. The van der Waals surface area contributed by atoms with E-state index in [1.54, 1.807) is 55.7 Å². The van der Waals surface area contributed by atoms with Crippen molar-refractivity contribution < 1.29 is 13.9 Å².